The predicted octanol–water partition coefficient (Wildman–Crippen LogP) is 3.08. The summed E-state index contributed by atoms with van der Waals surface area (Å²) < 4.78 is 0. The topological polar surface area (TPSA) is 15.3 Å². The fourth-order valence-corrected chi connectivity index (χ4v) is 1.84. The Morgan fingerprint density at radius 3 is 2.31 bits per heavy atom. The summed E-state index contributed by atoms with van der Waals surface area (Å²) >= 11 is 0. The highest BCUT2D eigenvalue weighted by Gasteiger charge is 2.12. The summed E-state index contributed by atoms with van der Waals surface area (Å²) in [5, 5.41) is 3.42. The van der Waals surface area contributed by atoms with Crippen LogP contribution in [0, 0.1) is 5.41 Å². The van der Waals surface area contributed by atoms with Crippen molar-refractivity contribution in [2.45, 2.75) is 20.8 Å². The van der Waals surface area contributed by atoms with Crippen molar-refractivity contribution < 1.29 is 0 Å². The van der Waals surface area contributed by atoms with E-state index in [4.69, 9.17) is 0 Å². The summed E-state index contributed by atoms with van der Waals surface area (Å²) in [6, 6.07) is 10.4. The molecular weight excluding hydrogens is 196 g/mol. The molecule has 0 amide bonds. The Morgan fingerprint density at radius 2 is 1.75 bits per heavy atom. The lowest BCUT2D eigenvalue weighted by atomic mass is 9.96. The maximum Gasteiger partial charge on any atom is 0.0340 e. The Labute approximate surface area is 99.7 Å². The van der Waals surface area contributed by atoms with Crippen LogP contribution in [0.3, 0.4) is 0 Å². The number of nitrogens with zero attached hydrogens (tertiary/aromatic N) is 1. The second-order valence-corrected chi connectivity index (χ2v) is 5.59. The van der Waals surface area contributed by atoms with Crippen LogP contribution in [0.1, 0.15) is 20.8 Å². The first-order valence-electron chi connectivity index (χ1n) is 5.95. The molecule has 0 bridgehead atoms. The van der Waals surface area contributed by atoms with Gasteiger partial charge >= 0.3 is 0 Å². The summed E-state index contributed by atoms with van der Waals surface area (Å²) in [6.07, 6.45) is 0. The van der Waals surface area contributed by atoms with Crippen LogP contribution in [-0.4, -0.2) is 31.6 Å². The quantitative estimate of drug-likeness (QED) is 0.820. The summed E-state index contributed by atoms with van der Waals surface area (Å²) in [4.78, 5) is 2.37. The van der Waals surface area contributed by atoms with Crippen LogP contribution in [0.15, 0.2) is 30.3 Å². The smallest absolute Gasteiger partial charge is 0.0340 e. The normalized spacial score (nSPS) is 11.8. The predicted molar refractivity (Wildman–Crippen MR) is 71.9 cm³/mol. The molecule has 90 valence electrons. The van der Waals surface area contributed by atoms with Crippen LogP contribution in [0.5, 0.6) is 0 Å². The fraction of sp³-hybridized carbons (Fsp3) is 0.571. The van der Waals surface area contributed by atoms with E-state index in [-0.39, 0.29) is 0 Å². The lowest BCUT2D eigenvalue weighted by molar-refractivity contribution is 0.233. The molecule has 2 nitrogen and oxygen atoms in total. The van der Waals surface area contributed by atoms with Gasteiger partial charge in [0, 0.05) is 25.3 Å². The number of benzene rings is 1. The van der Waals surface area contributed by atoms with Crippen molar-refractivity contribution >= 4 is 5.69 Å². The van der Waals surface area contributed by atoms with Gasteiger partial charge in [0.2, 0.25) is 0 Å². The van der Waals surface area contributed by atoms with Gasteiger partial charge in [-0.15, -0.1) is 0 Å². The molecule has 0 aliphatic heterocycles. The summed E-state index contributed by atoms with van der Waals surface area (Å²) in [7, 11) is 2.18. The Bertz CT molecular complexity index is 287. The van der Waals surface area contributed by atoms with Crippen LogP contribution >= 0.6 is 0 Å². The van der Waals surface area contributed by atoms with Crippen molar-refractivity contribution in [1.82, 2.24) is 4.90 Å². The van der Waals surface area contributed by atoms with Gasteiger partial charge in [0.15, 0.2) is 0 Å². The standard InChI is InChI=1S/C14H24N2/c1-14(2,3)12-16(4)11-10-15-13-8-6-5-7-9-13/h5-9,15H,10-12H2,1-4H3. The SMILES string of the molecule is CN(CCNc1ccccc1)CC(C)(C)C. The second-order valence-electron chi connectivity index (χ2n) is 5.59. The fourth-order valence-electron chi connectivity index (χ4n) is 1.84. The van der Waals surface area contributed by atoms with Crippen molar-refractivity contribution in [2.75, 3.05) is 32.0 Å². The zero-order valence-electron chi connectivity index (χ0n) is 11.0. The van der Waals surface area contributed by atoms with E-state index >= 15 is 0 Å². The molecule has 0 atom stereocenters. The number of rotatable bonds is 5. The van der Waals surface area contributed by atoms with Crippen molar-refractivity contribution in [2.24, 2.45) is 5.41 Å². The third-order valence-corrected chi connectivity index (χ3v) is 2.34. The van der Waals surface area contributed by atoms with Crippen molar-refractivity contribution in [3.63, 3.8) is 0 Å². The highest BCUT2D eigenvalue weighted by atomic mass is 15.1. The first-order valence-corrected chi connectivity index (χ1v) is 5.95. The minimum Gasteiger partial charge on any atom is -0.384 e. The van der Waals surface area contributed by atoms with Gasteiger partial charge in [-0.05, 0) is 24.6 Å². The summed E-state index contributed by atoms with van der Waals surface area (Å²) in [5.74, 6) is 0. The molecule has 0 aliphatic rings. The highest BCUT2D eigenvalue weighted by molar-refractivity contribution is 5.42. The number of hydrogen-bond donors (Lipinski definition) is 1. The first kappa shape index (κ1) is 13.0. The van der Waals surface area contributed by atoms with Crippen molar-refractivity contribution in [3.8, 4) is 0 Å². The Hall–Kier alpha value is -1.02. The third-order valence-electron chi connectivity index (χ3n) is 2.34. The highest BCUT2D eigenvalue weighted by Crippen LogP contribution is 2.13. The number of likely N-dealkylation sites (N-methyl/N-ethyl adjacent to an activating group) is 1. The molecule has 0 fully saturated rings. The summed E-state index contributed by atoms with van der Waals surface area (Å²) in [5.41, 5.74) is 1.58. The first-order chi connectivity index (χ1) is 7.47. The van der Waals surface area contributed by atoms with Crippen LogP contribution in [-0.2, 0) is 0 Å². The number of nitrogens with one attached hydrogen (secondary N) is 1. The van der Waals surface area contributed by atoms with Crippen molar-refractivity contribution in [1.29, 1.82) is 0 Å². The van der Waals surface area contributed by atoms with E-state index < -0.39 is 0 Å². The zero-order chi connectivity index (χ0) is 12.0. The second kappa shape index (κ2) is 5.90. The molecule has 0 spiro atoms. The molecule has 0 aliphatic carbocycles. The molecule has 1 N–H and O–H groups in total. The third kappa shape index (κ3) is 5.76. The van der Waals surface area contributed by atoms with Crippen LogP contribution in [0.25, 0.3) is 0 Å². The van der Waals surface area contributed by atoms with E-state index in [1.807, 2.05) is 6.07 Å². The van der Waals surface area contributed by atoms with Crippen molar-refractivity contribution in [3.05, 3.63) is 30.3 Å². The van der Waals surface area contributed by atoms with E-state index in [1.165, 1.54) is 5.69 Å². The monoisotopic (exact) mass is 220 g/mol. The van der Waals surface area contributed by atoms with E-state index in [2.05, 4.69) is 62.3 Å². The van der Waals surface area contributed by atoms with Gasteiger partial charge < -0.3 is 10.2 Å². The van der Waals surface area contributed by atoms with Gasteiger partial charge in [-0.2, -0.15) is 0 Å². The molecule has 0 aromatic heterocycles. The van der Waals surface area contributed by atoms with Gasteiger partial charge in [-0.3, -0.25) is 0 Å². The summed E-state index contributed by atoms with van der Waals surface area (Å²) in [6.45, 7) is 10.0. The van der Waals surface area contributed by atoms with E-state index in [9.17, 15) is 0 Å². The average molecular weight is 220 g/mol. The molecule has 0 radical (unpaired) electrons. The van der Waals surface area contributed by atoms with Gasteiger partial charge in [-0.25, -0.2) is 0 Å². The molecule has 0 heterocycles. The maximum absolute atomic E-state index is 3.42. The lowest BCUT2D eigenvalue weighted by Crippen LogP contribution is -2.32. The molecule has 1 rings (SSSR count). The molecular formula is C14H24N2. The van der Waals surface area contributed by atoms with E-state index in [0.717, 1.165) is 19.6 Å². The lowest BCUT2D eigenvalue weighted by Gasteiger charge is -2.26. The molecule has 0 saturated carbocycles. The molecule has 2 heteroatoms. The number of para-hydroxylation sites is 1. The minimum atomic E-state index is 0.376. The van der Waals surface area contributed by atoms with Gasteiger partial charge in [0.25, 0.3) is 0 Å². The van der Waals surface area contributed by atoms with Gasteiger partial charge in [-0.1, -0.05) is 39.0 Å². The molecule has 1 aromatic rings. The Balaban J connectivity index is 2.21. The minimum absolute atomic E-state index is 0.376. The van der Waals surface area contributed by atoms with Crippen LogP contribution in [0.4, 0.5) is 5.69 Å². The van der Waals surface area contributed by atoms with Crippen LogP contribution in [0.2, 0.25) is 0 Å². The van der Waals surface area contributed by atoms with Gasteiger partial charge in [0.1, 0.15) is 0 Å². The Kier molecular flexibility index (Phi) is 4.81. The molecule has 16 heavy (non-hydrogen) atoms. The Morgan fingerprint density at radius 1 is 1.12 bits per heavy atom. The average Bonchev–Trinajstić information content (AvgIpc) is 2.16. The van der Waals surface area contributed by atoms with E-state index in [0.29, 0.717) is 5.41 Å². The molecule has 0 unspecified atom stereocenters. The molecule has 1 aromatic carbocycles. The number of anilines is 1. The van der Waals surface area contributed by atoms with Gasteiger partial charge in [0.05, 0.1) is 0 Å². The van der Waals surface area contributed by atoms with Crippen LogP contribution < -0.4 is 5.32 Å². The van der Waals surface area contributed by atoms with E-state index in [1.54, 1.807) is 0 Å². The largest absolute Gasteiger partial charge is 0.384 e. The molecule has 0 saturated heterocycles. The number of hydrogen-bond acceptors (Lipinski definition) is 2. The maximum atomic E-state index is 3.42. The zero-order valence-corrected chi connectivity index (χ0v) is 11.0.